The summed E-state index contributed by atoms with van der Waals surface area (Å²) < 4.78 is 0. The molecule has 1 amide bonds. The van der Waals surface area contributed by atoms with E-state index in [0.29, 0.717) is 16.3 Å². The maximum Gasteiger partial charge on any atom is 0.257 e. The molecular formula is C20H18ClN5O. The third-order valence-electron chi connectivity index (χ3n) is 3.54. The normalized spacial score (nSPS) is 11.1. The number of aliphatic imine (C=N–C) groups is 1. The number of hydrogen-bond donors (Lipinski definition) is 2. The van der Waals surface area contributed by atoms with Crippen molar-refractivity contribution < 1.29 is 4.79 Å². The van der Waals surface area contributed by atoms with Crippen molar-refractivity contribution in [2.45, 2.75) is 13.8 Å². The standard InChI is InChI=1S/C20H18ClN5O/c1-13-11-14(2)23-19(22-13)26-20(24-17-10-6-9-16(21)12-17)25-18(27)15-7-4-3-5-8-15/h3-12H,1-2H3,(H2,22,23,24,25,26,27). The van der Waals surface area contributed by atoms with E-state index >= 15 is 0 Å². The first-order valence-electron chi connectivity index (χ1n) is 8.29. The molecule has 0 aliphatic heterocycles. The number of anilines is 1. The summed E-state index contributed by atoms with van der Waals surface area (Å²) in [6, 6.07) is 17.8. The lowest BCUT2D eigenvalue weighted by Crippen LogP contribution is -2.35. The Morgan fingerprint density at radius 1 is 0.963 bits per heavy atom. The lowest BCUT2D eigenvalue weighted by molar-refractivity contribution is 0.0977. The van der Waals surface area contributed by atoms with Gasteiger partial charge in [0.05, 0.1) is 0 Å². The summed E-state index contributed by atoms with van der Waals surface area (Å²) >= 11 is 6.04. The minimum absolute atomic E-state index is 0.205. The van der Waals surface area contributed by atoms with Gasteiger partial charge in [-0.3, -0.25) is 10.1 Å². The Hall–Kier alpha value is -3.25. The van der Waals surface area contributed by atoms with Crippen molar-refractivity contribution in [1.82, 2.24) is 15.3 Å². The number of benzene rings is 2. The lowest BCUT2D eigenvalue weighted by Gasteiger charge is -2.12. The molecule has 0 fully saturated rings. The molecule has 0 unspecified atom stereocenters. The predicted octanol–water partition coefficient (Wildman–Crippen LogP) is 4.28. The van der Waals surface area contributed by atoms with Crippen molar-refractivity contribution in [3.63, 3.8) is 0 Å². The smallest absolute Gasteiger partial charge is 0.257 e. The molecule has 0 bridgehead atoms. The van der Waals surface area contributed by atoms with Crippen molar-refractivity contribution in [2.75, 3.05) is 5.32 Å². The van der Waals surface area contributed by atoms with Gasteiger partial charge in [0.1, 0.15) is 0 Å². The molecule has 2 N–H and O–H groups in total. The second-order valence-corrected chi connectivity index (χ2v) is 6.30. The number of halogens is 1. The third-order valence-corrected chi connectivity index (χ3v) is 3.77. The summed E-state index contributed by atoms with van der Waals surface area (Å²) in [5, 5.41) is 6.39. The van der Waals surface area contributed by atoms with Gasteiger partial charge in [-0.15, -0.1) is 0 Å². The van der Waals surface area contributed by atoms with Gasteiger partial charge in [-0.1, -0.05) is 35.9 Å². The minimum Gasteiger partial charge on any atom is -0.326 e. The molecule has 6 nitrogen and oxygen atoms in total. The van der Waals surface area contributed by atoms with E-state index in [9.17, 15) is 4.79 Å². The molecule has 2 aromatic carbocycles. The second-order valence-electron chi connectivity index (χ2n) is 5.87. The molecule has 3 aromatic rings. The van der Waals surface area contributed by atoms with Gasteiger partial charge >= 0.3 is 0 Å². The molecule has 0 saturated carbocycles. The Morgan fingerprint density at radius 3 is 2.33 bits per heavy atom. The van der Waals surface area contributed by atoms with Gasteiger partial charge in [-0.25, -0.2) is 9.97 Å². The van der Waals surface area contributed by atoms with E-state index in [4.69, 9.17) is 11.6 Å². The van der Waals surface area contributed by atoms with Crippen LogP contribution in [0.4, 0.5) is 11.6 Å². The quantitative estimate of drug-likeness (QED) is 0.526. The minimum atomic E-state index is -0.298. The maximum atomic E-state index is 12.5. The monoisotopic (exact) mass is 379 g/mol. The van der Waals surface area contributed by atoms with Gasteiger partial charge in [0.2, 0.25) is 5.96 Å². The maximum absolute atomic E-state index is 12.5. The van der Waals surface area contributed by atoms with Gasteiger partial charge in [0.25, 0.3) is 11.9 Å². The molecule has 27 heavy (non-hydrogen) atoms. The summed E-state index contributed by atoms with van der Waals surface area (Å²) in [6.07, 6.45) is 0. The van der Waals surface area contributed by atoms with Crippen molar-refractivity contribution in [1.29, 1.82) is 0 Å². The van der Waals surface area contributed by atoms with E-state index in [0.717, 1.165) is 11.4 Å². The fraction of sp³-hybridized carbons (Fsp3) is 0.100. The summed E-state index contributed by atoms with van der Waals surface area (Å²) in [5.41, 5.74) is 2.77. The highest BCUT2D eigenvalue weighted by molar-refractivity contribution is 6.31. The SMILES string of the molecule is Cc1cc(C)nc(N=C(NC(=O)c2ccccc2)Nc2cccc(Cl)c2)n1. The van der Waals surface area contributed by atoms with Gasteiger partial charge in [0.15, 0.2) is 0 Å². The van der Waals surface area contributed by atoms with Crippen molar-refractivity contribution in [3.8, 4) is 0 Å². The number of aryl methyl sites for hydroxylation is 2. The van der Waals surface area contributed by atoms with Crippen molar-refractivity contribution >= 4 is 35.1 Å². The Labute approximate surface area is 162 Å². The first-order chi connectivity index (χ1) is 13.0. The second kappa shape index (κ2) is 8.42. The number of aromatic nitrogens is 2. The van der Waals surface area contributed by atoms with Crippen LogP contribution in [0, 0.1) is 13.8 Å². The molecule has 0 saturated heterocycles. The topological polar surface area (TPSA) is 79.3 Å². The van der Waals surface area contributed by atoms with E-state index in [-0.39, 0.29) is 17.8 Å². The van der Waals surface area contributed by atoms with E-state index in [1.54, 1.807) is 42.5 Å². The highest BCUT2D eigenvalue weighted by atomic mass is 35.5. The molecule has 1 aromatic heterocycles. The van der Waals surface area contributed by atoms with Crippen molar-refractivity contribution in [2.24, 2.45) is 4.99 Å². The summed E-state index contributed by atoms with van der Waals surface area (Å²) in [5.74, 6) is 0.162. The number of carbonyl (C=O) groups excluding carboxylic acids is 1. The number of nitrogens with zero attached hydrogens (tertiary/aromatic N) is 3. The lowest BCUT2D eigenvalue weighted by atomic mass is 10.2. The molecule has 0 aliphatic carbocycles. The number of hydrogen-bond acceptors (Lipinski definition) is 4. The molecule has 0 spiro atoms. The number of rotatable bonds is 3. The number of guanidine groups is 1. The fourth-order valence-corrected chi connectivity index (χ4v) is 2.61. The Bertz CT molecular complexity index is 968. The van der Waals surface area contributed by atoms with Gasteiger partial charge < -0.3 is 5.32 Å². The van der Waals surface area contributed by atoms with Crippen LogP contribution in [0.2, 0.25) is 5.02 Å². The molecule has 136 valence electrons. The Morgan fingerprint density at radius 2 is 1.67 bits per heavy atom. The molecule has 0 aliphatic rings. The van der Waals surface area contributed by atoms with Crippen LogP contribution in [0.25, 0.3) is 0 Å². The van der Waals surface area contributed by atoms with Crippen LogP contribution in [-0.4, -0.2) is 21.8 Å². The Kier molecular flexibility index (Phi) is 5.78. The Balaban J connectivity index is 1.92. The molecule has 3 rings (SSSR count). The van der Waals surface area contributed by atoms with E-state index in [1.165, 1.54) is 0 Å². The van der Waals surface area contributed by atoms with Crippen LogP contribution in [-0.2, 0) is 0 Å². The van der Waals surface area contributed by atoms with Crippen LogP contribution in [0.3, 0.4) is 0 Å². The van der Waals surface area contributed by atoms with Gasteiger partial charge in [-0.2, -0.15) is 4.99 Å². The van der Waals surface area contributed by atoms with Gasteiger partial charge in [0, 0.05) is 27.7 Å². The zero-order chi connectivity index (χ0) is 19.2. The fourth-order valence-electron chi connectivity index (χ4n) is 2.42. The largest absolute Gasteiger partial charge is 0.326 e. The van der Waals surface area contributed by atoms with E-state index in [1.807, 2.05) is 32.0 Å². The summed E-state index contributed by atoms with van der Waals surface area (Å²) in [7, 11) is 0. The first-order valence-corrected chi connectivity index (χ1v) is 8.67. The highest BCUT2D eigenvalue weighted by Crippen LogP contribution is 2.15. The van der Waals surface area contributed by atoms with Crippen LogP contribution in [0.1, 0.15) is 21.7 Å². The van der Waals surface area contributed by atoms with Crippen LogP contribution in [0.5, 0.6) is 0 Å². The number of carbonyl (C=O) groups is 1. The summed E-state index contributed by atoms with van der Waals surface area (Å²) in [6.45, 7) is 3.72. The summed E-state index contributed by atoms with van der Waals surface area (Å²) in [4.78, 5) is 25.5. The van der Waals surface area contributed by atoms with Crippen LogP contribution in [0.15, 0.2) is 65.7 Å². The molecule has 0 atom stereocenters. The first kappa shape index (κ1) is 18.5. The predicted molar refractivity (Wildman–Crippen MR) is 108 cm³/mol. The van der Waals surface area contributed by atoms with E-state index < -0.39 is 0 Å². The third kappa shape index (κ3) is 5.36. The van der Waals surface area contributed by atoms with Gasteiger partial charge in [-0.05, 0) is 50.2 Å². The zero-order valence-electron chi connectivity index (χ0n) is 14.9. The molecule has 0 radical (unpaired) electrons. The average molecular weight is 380 g/mol. The van der Waals surface area contributed by atoms with Crippen molar-refractivity contribution in [3.05, 3.63) is 82.6 Å². The highest BCUT2D eigenvalue weighted by Gasteiger charge is 2.10. The molecule has 7 heteroatoms. The molecular weight excluding hydrogens is 362 g/mol. The van der Waals surface area contributed by atoms with Crippen LogP contribution < -0.4 is 10.6 Å². The van der Waals surface area contributed by atoms with E-state index in [2.05, 4.69) is 25.6 Å². The van der Waals surface area contributed by atoms with Crippen LogP contribution >= 0.6 is 11.6 Å². The zero-order valence-corrected chi connectivity index (χ0v) is 15.7. The average Bonchev–Trinajstić information content (AvgIpc) is 2.61. The number of nitrogens with one attached hydrogen (secondary N) is 2. The number of amides is 1. The molecule has 1 heterocycles.